The molecule has 26 heavy (non-hydrogen) atoms. The highest BCUT2D eigenvalue weighted by Gasteiger charge is 2.22. The first-order chi connectivity index (χ1) is 12.6. The second kappa shape index (κ2) is 7.46. The Labute approximate surface area is 156 Å². The van der Waals surface area contributed by atoms with Crippen molar-refractivity contribution >= 4 is 27.5 Å². The van der Waals surface area contributed by atoms with E-state index in [1.807, 2.05) is 6.92 Å². The number of aryl methyl sites for hydroxylation is 2. The van der Waals surface area contributed by atoms with E-state index < -0.39 is 0 Å². The predicted octanol–water partition coefficient (Wildman–Crippen LogP) is 1.16. The molecule has 2 aliphatic rings. The molecule has 4 heterocycles. The van der Waals surface area contributed by atoms with E-state index in [1.54, 1.807) is 4.57 Å². The Kier molecular flexibility index (Phi) is 5.06. The summed E-state index contributed by atoms with van der Waals surface area (Å²) < 4.78 is 7.12. The smallest absolute Gasteiger partial charge is 0.262 e. The van der Waals surface area contributed by atoms with E-state index in [4.69, 9.17) is 4.74 Å². The van der Waals surface area contributed by atoms with Crippen LogP contribution in [0.3, 0.4) is 0 Å². The second-order valence-electron chi connectivity index (χ2n) is 6.89. The summed E-state index contributed by atoms with van der Waals surface area (Å²) >= 11 is 1.33. The standard InChI is InChI=1S/C18H24N4O3S/c1-12-14-17(20-13-4-2-3-6-22(13)18(14)24)26-15(12)16(23)19-5-7-21-8-10-25-11-9-21/h2-11H2,1H3,(H,19,23). The highest BCUT2D eigenvalue weighted by atomic mass is 32.1. The summed E-state index contributed by atoms with van der Waals surface area (Å²) in [7, 11) is 0. The van der Waals surface area contributed by atoms with Gasteiger partial charge in [-0.05, 0) is 25.3 Å². The van der Waals surface area contributed by atoms with Crippen LogP contribution in [-0.4, -0.2) is 59.8 Å². The average Bonchev–Trinajstić information content (AvgIpc) is 2.99. The van der Waals surface area contributed by atoms with Crippen molar-refractivity contribution in [2.75, 3.05) is 39.4 Å². The molecule has 1 amide bonds. The van der Waals surface area contributed by atoms with Gasteiger partial charge in [-0.1, -0.05) is 0 Å². The number of carbonyl (C=O) groups excluding carboxylic acids is 1. The number of amides is 1. The Balaban J connectivity index is 1.52. The minimum absolute atomic E-state index is 0.00539. The van der Waals surface area contributed by atoms with Crippen molar-refractivity contribution in [2.24, 2.45) is 0 Å². The summed E-state index contributed by atoms with van der Waals surface area (Å²) in [5.74, 6) is 0.746. The molecule has 0 spiro atoms. The third-order valence-corrected chi connectivity index (χ3v) is 6.37. The lowest BCUT2D eigenvalue weighted by Gasteiger charge is -2.26. The lowest BCUT2D eigenvalue weighted by atomic mass is 10.1. The molecule has 8 heteroatoms. The highest BCUT2D eigenvalue weighted by molar-refractivity contribution is 7.20. The molecule has 0 atom stereocenters. The van der Waals surface area contributed by atoms with Gasteiger partial charge in [0.1, 0.15) is 10.7 Å². The van der Waals surface area contributed by atoms with Crippen LogP contribution < -0.4 is 10.9 Å². The van der Waals surface area contributed by atoms with E-state index in [1.165, 1.54) is 11.3 Å². The van der Waals surface area contributed by atoms with Gasteiger partial charge < -0.3 is 10.1 Å². The number of nitrogens with one attached hydrogen (secondary N) is 1. The van der Waals surface area contributed by atoms with Gasteiger partial charge >= 0.3 is 0 Å². The molecule has 0 aromatic carbocycles. The number of aromatic nitrogens is 2. The normalized spacial score (nSPS) is 18.0. The SMILES string of the molecule is Cc1c(C(=O)NCCN2CCOCC2)sc2nc3n(c(=O)c12)CCCC3. The Hall–Kier alpha value is -1.77. The van der Waals surface area contributed by atoms with Crippen molar-refractivity contribution in [1.29, 1.82) is 0 Å². The van der Waals surface area contributed by atoms with Crippen molar-refractivity contribution in [3.8, 4) is 0 Å². The first-order valence-electron chi connectivity index (χ1n) is 9.26. The van der Waals surface area contributed by atoms with Gasteiger partial charge in [0, 0.05) is 39.1 Å². The van der Waals surface area contributed by atoms with Crippen molar-refractivity contribution in [3.05, 3.63) is 26.6 Å². The Bertz CT molecular complexity index is 883. The predicted molar refractivity (Wildman–Crippen MR) is 101 cm³/mol. The van der Waals surface area contributed by atoms with Gasteiger partial charge in [-0.15, -0.1) is 11.3 Å². The molecule has 0 saturated carbocycles. The van der Waals surface area contributed by atoms with Crippen LogP contribution in [0.15, 0.2) is 4.79 Å². The third-order valence-electron chi connectivity index (χ3n) is 5.19. The molecule has 2 aliphatic heterocycles. The number of nitrogens with zero attached hydrogens (tertiary/aromatic N) is 3. The summed E-state index contributed by atoms with van der Waals surface area (Å²) in [6.07, 6.45) is 2.92. The molecule has 1 fully saturated rings. The third kappa shape index (κ3) is 3.28. The maximum absolute atomic E-state index is 12.8. The molecule has 2 aromatic heterocycles. The van der Waals surface area contributed by atoms with Crippen molar-refractivity contribution in [2.45, 2.75) is 32.7 Å². The fourth-order valence-corrected chi connectivity index (χ4v) is 4.79. The van der Waals surface area contributed by atoms with Crippen LogP contribution in [-0.2, 0) is 17.7 Å². The number of ether oxygens (including phenoxy) is 1. The van der Waals surface area contributed by atoms with Crippen LogP contribution in [0.25, 0.3) is 10.2 Å². The van der Waals surface area contributed by atoms with Crippen LogP contribution in [0.2, 0.25) is 0 Å². The number of rotatable bonds is 4. The van der Waals surface area contributed by atoms with Crippen LogP contribution in [0, 0.1) is 6.92 Å². The van der Waals surface area contributed by atoms with Gasteiger partial charge in [-0.2, -0.15) is 0 Å². The van der Waals surface area contributed by atoms with Crippen LogP contribution in [0.4, 0.5) is 0 Å². The average molecular weight is 376 g/mol. The van der Waals surface area contributed by atoms with Crippen molar-refractivity contribution in [3.63, 3.8) is 0 Å². The minimum atomic E-state index is -0.110. The van der Waals surface area contributed by atoms with Crippen molar-refractivity contribution < 1.29 is 9.53 Å². The molecule has 0 bridgehead atoms. The summed E-state index contributed by atoms with van der Waals surface area (Å²) in [5, 5.41) is 3.60. The topological polar surface area (TPSA) is 76.5 Å². The number of morpholine rings is 1. The van der Waals surface area contributed by atoms with E-state index >= 15 is 0 Å². The largest absolute Gasteiger partial charge is 0.379 e. The van der Waals surface area contributed by atoms with E-state index in [9.17, 15) is 9.59 Å². The minimum Gasteiger partial charge on any atom is -0.379 e. The van der Waals surface area contributed by atoms with E-state index in [0.29, 0.717) is 21.6 Å². The Morgan fingerprint density at radius 3 is 2.88 bits per heavy atom. The number of fused-ring (bicyclic) bond motifs is 2. The first-order valence-corrected chi connectivity index (χ1v) is 10.1. The second-order valence-corrected chi connectivity index (χ2v) is 7.89. The van der Waals surface area contributed by atoms with Crippen LogP contribution in [0.1, 0.15) is 33.9 Å². The Morgan fingerprint density at radius 1 is 1.27 bits per heavy atom. The molecule has 7 nitrogen and oxygen atoms in total. The number of thiophene rings is 1. The van der Waals surface area contributed by atoms with E-state index in [2.05, 4.69) is 15.2 Å². The zero-order valence-electron chi connectivity index (χ0n) is 15.0. The highest BCUT2D eigenvalue weighted by Crippen LogP contribution is 2.28. The molecule has 0 unspecified atom stereocenters. The fourth-order valence-electron chi connectivity index (χ4n) is 3.68. The van der Waals surface area contributed by atoms with Gasteiger partial charge in [0.25, 0.3) is 11.5 Å². The summed E-state index contributed by atoms with van der Waals surface area (Å²) in [5.41, 5.74) is 0.762. The molecule has 140 valence electrons. The zero-order valence-corrected chi connectivity index (χ0v) is 15.9. The van der Waals surface area contributed by atoms with Crippen molar-refractivity contribution in [1.82, 2.24) is 19.8 Å². The molecular weight excluding hydrogens is 352 g/mol. The fraction of sp³-hybridized carbons (Fsp3) is 0.611. The summed E-state index contributed by atoms with van der Waals surface area (Å²) in [6.45, 7) is 7.31. The van der Waals surface area contributed by atoms with Gasteiger partial charge in [0.05, 0.1) is 23.5 Å². The Morgan fingerprint density at radius 2 is 2.08 bits per heavy atom. The lowest BCUT2D eigenvalue weighted by molar-refractivity contribution is 0.0383. The van der Waals surface area contributed by atoms with Gasteiger partial charge in [0.15, 0.2) is 0 Å². The van der Waals surface area contributed by atoms with Gasteiger partial charge in [-0.25, -0.2) is 4.98 Å². The van der Waals surface area contributed by atoms with E-state index in [-0.39, 0.29) is 11.5 Å². The van der Waals surface area contributed by atoms with Gasteiger partial charge in [-0.3, -0.25) is 19.1 Å². The summed E-state index contributed by atoms with van der Waals surface area (Å²) in [6, 6.07) is 0. The molecule has 0 radical (unpaired) electrons. The lowest BCUT2D eigenvalue weighted by Crippen LogP contribution is -2.41. The number of hydrogen-bond donors (Lipinski definition) is 1. The molecule has 0 aliphatic carbocycles. The monoisotopic (exact) mass is 376 g/mol. The number of carbonyl (C=O) groups is 1. The zero-order chi connectivity index (χ0) is 18.1. The maximum atomic E-state index is 12.8. The maximum Gasteiger partial charge on any atom is 0.262 e. The van der Waals surface area contributed by atoms with Crippen LogP contribution >= 0.6 is 11.3 Å². The molecule has 2 aromatic rings. The van der Waals surface area contributed by atoms with Crippen LogP contribution in [0.5, 0.6) is 0 Å². The molecule has 1 saturated heterocycles. The molecule has 1 N–H and O–H groups in total. The van der Waals surface area contributed by atoms with E-state index in [0.717, 1.165) is 70.0 Å². The summed E-state index contributed by atoms with van der Waals surface area (Å²) in [4.78, 5) is 33.7. The van der Waals surface area contributed by atoms with Gasteiger partial charge in [0.2, 0.25) is 0 Å². The first kappa shape index (κ1) is 17.6. The number of hydrogen-bond acceptors (Lipinski definition) is 6. The molecular formula is C18H24N4O3S. The quantitative estimate of drug-likeness (QED) is 0.867. The molecule has 4 rings (SSSR count).